The van der Waals surface area contributed by atoms with Gasteiger partial charge in [-0.2, -0.15) is 0 Å². The lowest BCUT2D eigenvalue weighted by atomic mass is 10.0. The molecule has 1 fully saturated rings. The number of rotatable bonds is 7. The lowest BCUT2D eigenvalue weighted by Gasteiger charge is -2.31. The first-order valence-corrected chi connectivity index (χ1v) is 13.4. The Hall–Kier alpha value is -4.33. The molecule has 39 heavy (non-hydrogen) atoms. The van der Waals surface area contributed by atoms with Crippen LogP contribution in [0.2, 0.25) is 0 Å². The number of amidine groups is 1. The predicted molar refractivity (Wildman–Crippen MR) is 153 cm³/mol. The summed E-state index contributed by atoms with van der Waals surface area (Å²) in [4.78, 5) is 21.9. The third-order valence-electron chi connectivity index (χ3n) is 7.11. The van der Waals surface area contributed by atoms with E-state index in [1.54, 1.807) is 7.11 Å². The third kappa shape index (κ3) is 5.60. The molecule has 0 spiro atoms. The summed E-state index contributed by atoms with van der Waals surface area (Å²) in [5, 5.41) is 4.99. The fraction of sp³-hybridized carbons (Fsp3) is 0.323. The molecule has 0 radical (unpaired) electrons. The maximum atomic E-state index is 12.4. The molecule has 200 valence electrons. The number of fused-ring (bicyclic) bond motifs is 1. The molecule has 0 aromatic heterocycles. The van der Waals surface area contributed by atoms with Crippen LogP contribution in [-0.2, 0) is 4.74 Å². The van der Waals surface area contributed by atoms with E-state index < -0.39 is 0 Å². The molecule has 0 saturated heterocycles. The number of hydrazine groups is 1. The second-order valence-corrected chi connectivity index (χ2v) is 10.9. The number of amides is 1. The Kier molecular flexibility index (Phi) is 6.46. The summed E-state index contributed by atoms with van der Waals surface area (Å²) in [5.74, 6) is 2.73. The standard InChI is InChI=1S/C31H33N5O3/c1-31(2)19-39-30(34-31)23-11-14-26(27(16-23)38-3)33-28-15-13-25-12-10-24(18-36(25)35-28)21-6-8-22(9-7-21)29(37)32-17-20-4-5-20/h6-14,16,18,20H,4-5,15,17,19H2,1-3H3,(H,32,37)(H,33,35). The van der Waals surface area contributed by atoms with E-state index in [0.717, 1.165) is 40.5 Å². The van der Waals surface area contributed by atoms with Crippen LogP contribution in [0, 0.1) is 5.92 Å². The van der Waals surface area contributed by atoms with Crippen LogP contribution >= 0.6 is 0 Å². The molecular formula is C31H33N5O3. The van der Waals surface area contributed by atoms with E-state index in [1.807, 2.05) is 67.5 Å². The number of methoxy groups -OCH3 is 1. The van der Waals surface area contributed by atoms with Crippen LogP contribution in [0.3, 0.4) is 0 Å². The molecule has 2 N–H and O–H groups in total. The number of allylic oxidation sites excluding steroid dienone is 3. The summed E-state index contributed by atoms with van der Waals surface area (Å²) in [6, 6.07) is 13.5. The summed E-state index contributed by atoms with van der Waals surface area (Å²) in [6.45, 7) is 5.43. The van der Waals surface area contributed by atoms with Crippen molar-refractivity contribution < 1.29 is 14.3 Å². The van der Waals surface area contributed by atoms with E-state index in [4.69, 9.17) is 14.5 Å². The molecule has 1 saturated carbocycles. The fourth-order valence-corrected chi connectivity index (χ4v) is 4.66. The summed E-state index contributed by atoms with van der Waals surface area (Å²) >= 11 is 0. The van der Waals surface area contributed by atoms with Crippen molar-refractivity contribution in [2.24, 2.45) is 15.9 Å². The molecule has 8 nitrogen and oxygen atoms in total. The highest BCUT2D eigenvalue weighted by atomic mass is 16.5. The SMILES string of the molecule is COc1cc(C2=NC(C)(C)CO2)ccc1N=C1CC=C2C=CC(c3ccc(C(=O)NCC4CC4)cc3)=CN2N1. The van der Waals surface area contributed by atoms with Gasteiger partial charge in [-0.1, -0.05) is 24.3 Å². The van der Waals surface area contributed by atoms with Crippen molar-refractivity contribution in [2.75, 3.05) is 20.3 Å². The first kappa shape index (κ1) is 25.0. The van der Waals surface area contributed by atoms with Crippen LogP contribution in [0.25, 0.3) is 5.57 Å². The smallest absolute Gasteiger partial charge is 0.251 e. The predicted octanol–water partition coefficient (Wildman–Crippen LogP) is 5.13. The normalized spacial score (nSPS) is 20.3. The Bertz CT molecular complexity index is 1450. The minimum absolute atomic E-state index is 0.0126. The molecule has 6 rings (SSSR count). The van der Waals surface area contributed by atoms with Crippen LogP contribution < -0.4 is 15.5 Å². The number of hydrogen-bond donors (Lipinski definition) is 2. The van der Waals surface area contributed by atoms with Gasteiger partial charge in [0, 0.05) is 35.9 Å². The van der Waals surface area contributed by atoms with Crippen molar-refractivity contribution in [1.82, 2.24) is 15.8 Å². The van der Waals surface area contributed by atoms with Gasteiger partial charge >= 0.3 is 0 Å². The summed E-state index contributed by atoms with van der Waals surface area (Å²) in [5.41, 5.74) is 8.60. The van der Waals surface area contributed by atoms with Gasteiger partial charge in [-0.15, -0.1) is 0 Å². The third-order valence-corrected chi connectivity index (χ3v) is 7.11. The van der Waals surface area contributed by atoms with Gasteiger partial charge in [-0.05, 0) is 74.6 Å². The second-order valence-electron chi connectivity index (χ2n) is 10.9. The van der Waals surface area contributed by atoms with Gasteiger partial charge in [0.05, 0.1) is 18.3 Å². The molecular weight excluding hydrogens is 490 g/mol. The number of benzene rings is 2. The monoisotopic (exact) mass is 523 g/mol. The lowest BCUT2D eigenvalue weighted by molar-refractivity contribution is 0.0952. The number of aliphatic imine (C=N–C) groups is 2. The van der Waals surface area contributed by atoms with Crippen LogP contribution in [0.15, 0.2) is 82.6 Å². The van der Waals surface area contributed by atoms with Crippen molar-refractivity contribution in [1.29, 1.82) is 0 Å². The maximum Gasteiger partial charge on any atom is 0.251 e. The van der Waals surface area contributed by atoms with Crippen molar-refractivity contribution in [3.05, 3.63) is 89.3 Å². The van der Waals surface area contributed by atoms with Gasteiger partial charge in [0.1, 0.15) is 23.9 Å². The summed E-state index contributed by atoms with van der Waals surface area (Å²) < 4.78 is 11.4. The Balaban J connectivity index is 1.17. The van der Waals surface area contributed by atoms with E-state index in [9.17, 15) is 4.79 Å². The van der Waals surface area contributed by atoms with Gasteiger partial charge < -0.3 is 14.8 Å². The Morgan fingerprint density at radius 1 is 1.18 bits per heavy atom. The van der Waals surface area contributed by atoms with E-state index in [0.29, 0.717) is 36.2 Å². The number of carbonyl (C=O) groups is 1. The molecule has 4 aliphatic rings. The van der Waals surface area contributed by atoms with E-state index in [-0.39, 0.29) is 11.4 Å². The molecule has 0 atom stereocenters. The molecule has 1 aliphatic carbocycles. The first-order chi connectivity index (χ1) is 18.9. The fourth-order valence-electron chi connectivity index (χ4n) is 4.66. The molecule has 8 heteroatoms. The number of carbonyl (C=O) groups excluding carboxylic acids is 1. The molecule has 1 amide bonds. The first-order valence-electron chi connectivity index (χ1n) is 13.4. The van der Waals surface area contributed by atoms with Gasteiger partial charge in [-0.3, -0.25) is 15.2 Å². The number of nitrogens with zero attached hydrogens (tertiary/aromatic N) is 3. The van der Waals surface area contributed by atoms with E-state index in [2.05, 4.69) is 34.0 Å². The quantitative estimate of drug-likeness (QED) is 0.526. The average Bonchev–Trinajstić information content (AvgIpc) is 3.71. The van der Waals surface area contributed by atoms with Crippen molar-refractivity contribution in [2.45, 2.75) is 38.6 Å². The van der Waals surface area contributed by atoms with Crippen molar-refractivity contribution >= 4 is 28.9 Å². The van der Waals surface area contributed by atoms with Crippen LogP contribution in [0.5, 0.6) is 5.75 Å². The van der Waals surface area contributed by atoms with Crippen LogP contribution in [-0.4, -0.2) is 48.4 Å². The highest BCUT2D eigenvalue weighted by molar-refractivity contribution is 5.97. The Labute approximate surface area is 228 Å². The highest BCUT2D eigenvalue weighted by Crippen LogP contribution is 2.32. The van der Waals surface area contributed by atoms with E-state index >= 15 is 0 Å². The maximum absolute atomic E-state index is 12.4. The second kappa shape index (κ2) is 10.1. The van der Waals surface area contributed by atoms with Gasteiger partial charge in [-0.25, -0.2) is 9.98 Å². The Morgan fingerprint density at radius 2 is 1.97 bits per heavy atom. The Morgan fingerprint density at radius 3 is 2.69 bits per heavy atom. The summed E-state index contributed by atoms with van der Waals surface area (Å²) in [6.07, 6.45) is 11.4. The minimum atomic E-state index is -0.223. The van der Waals surface area contributed by atoms with E-state index in [1.165, 1.54) is 12.8 Å². The molecule has 3 heterocycles. The van der Waals surface area contributed by atoms with Crippen LogP contribution in [0.1, 0.15) is 54.6 Å². The molecule has 2 aromatic carbocycles. The minimum Gasteiger partial charge on any atom is -0.494 e. The lowest BCUT2D eigenvalue weighted by Crippen LogP contribution is -2.41. The summed E-state index contributed by atoms with van der Waals surface area (Å²) in [7, 11) is 1.64. The van der Waals surface area contributed by atoms with Gasteiger partial charge in [0.2, 0.25) is 5.90 Å². The molecule has 0 unspecified atom stereocenters. The molecule has 2 aromatic rings. The zero-order valence-corrected chi connectivity index (χ0v) is 22.5. The van der Waals surface area contributed by atoms with Crippen molar-refractivity contribution in [3.8, 4) is 5.75 Å². The highest BCUT2D eigenvalue weighted by Gasteiger charge is 2.27. The van der Waals surface area contributed by atoms with Crippen molar-refractivity contribution in [3.63, 3.8) is 0 Å². The van der Waals surface area contributed by atoms with Gasteiger partial charge in [0.15, 0.2) is 0 Å². The van der Waals surface area contributed by atoms with Crippen LogP contribution in [0.4, 0.5) is 5.69 Å². The number of nitrogens with one attached hydrogen (secondary N) is 2. The average molecular weight is 524 g/mol. The largest absolute Gasteiger partial charge is 0.494 e. The number of hydrogen-bond acceptors (Lipinski definition) is 6. The molecule has 0 bridgehead atoms. The zero-order valence-electron chi connectivity index (χ0n) is 22.5. The van der Waals surface area contributed by atoms with Gasteiger partial charge in [0.25, 0.3) is 5.91 Å². The zero-order chi connectivity index (χ0) is 27.0. The molecule has 3 aliphatic heterocycles. The number of ether oxygens (including phenoxy) is 2. The topological polar surface area (TPSA) is 87.5 Å².